The van der Waals surface area contributed by atoms with Crippen LogP contribution in [0.4, 0.5) is 4.79 Å². The van der Waals surface area contributed by atoms with Crippen LogP contribution in [0.5, 0.6) is 0 Å². The number of fused-ring (bicyclic) bond motifs is 1. The first-order chi connectivity index (χ1) is 14.1. The van der Waals surface area contributed by atoms with Gasteiger partial charge in [0.1, 0.15) is 6.04 Å². The topological polar surface area (TPSA) is 79.6 Å². The standard InChI is InChI=1S/C23H30N2O4/c1-3-29-22(26)21-14-19-13-17(9-10-18(19)15-25(21)23(27)28-2)20(11-12-24)16-7-5-4-6-8-16/h4-8,17-21H,3,9-11,13-15H2,1-2H3/t17-,18-,19+,20?,21-/m0/s1. The summed E-state index contributed by atoms with van der Waals surface area (Å²) in [5, 5.41) is 9.39. The Morgan fingerprint density at radius 3 is 2.62 bits per heavy atom. The highest BCUT2D eigenvalue weighted by Crippen LogP contribution is 2.46. The predicted octanol–water partition coefficient (Wildman–Crippen LogP) is 4.12. The van der Waals surface area contributed by atoms with Crippen molar-refractivity contribution in [2.24, 2.45) is 17.8 Å². The van der Waals surface area contributed by atoms with Gasteiger partial charge in [0.25, 0.3) is 0 Å². The van der Waals surface area contributed by atoms with Crippen molar-refractivity contribution in [3.63, 3.8) is 0 Å². The number of nitrogens with zero attached hydrogens (tertiary/aromatic N) is 2. The highest BCUT2D eigenvalue weighted by molar-refractivity contribution is 5.81. The van der Waals surface area contributed by atoms with E-state index < -0.39 is 12.1 Å². The molecule has 156 valence electrons. The van der Waals surface area contributed by atoms with Crippen molar-refractivity contribution in [3.8, 4) is 6.07 Å². The summed E-state index contributed by atoms with van der Waals surface area (Å²) in [6.45, 7) is 2.59. The summed E-state index contributed by atoms with van der Waals surface area (Å²) in [6, 6.07) is 12.0. The van der Waals surface area contributed by atoms with E-state index in [0.29, 0.717) is 43.7 Å². The predicted molar refractivity (Wildman–Crippen MR) is 108 cm³/mol. The Hall–Kier alpha value is -2.55. The Bertz CT molecular complexity index is 745. The van der Waals surface area contributed by atoms with Crippen LogP contribution < -0.4 is 0 Å². The number of benzene rings is 1. The molecule has 5 atom stereocenters. The number of hydrogen-bond donors (Lipinski definition) is 0. The van der Waals surface area contributed by atoms with Gasteiger partial charge in [0.15, 0.2) is 0 Å². The molecular weight excluding hydrogens is 368 g/mol. The summed E-state index contributed by atoms with van der Waals surface area (Å²) in [5.74, 6) is 0.964. The Morgan fingerprint density at radius 2 is 1.97 bits per heavy atom. The van der Waals surface area contributed by atoms with Gasteiger partial charge < -0.3 is 9.47 Å². The van der Waals surface area contributed by atoms with E-state index in [1.165, 1.54) is 12.7 Å². The molecule has 1 aliphatic heterocycles. The first-order valence-corrected chi connectivity index (χ1v) is 10.5. The van der Waals surface area contributed by atoms with Gasteiger partial charge >= 0.3 is 12.1 Å². The van der Waals surface area contributed by atoms with Crippen molar-refractivity contribution < 1.29 is 19.1 Å². The molecule has 3 rings (SSSR count). The van der Waals surface area contributed by atoms with Gasteiger partial charge in [-0.3, -0.25) is 4.90 Å². The number of methoxy groups -OCH3 is 1. The fraction of sp³-hybridized carbons (Fsp3) is 0.609. The van der Waals surface area contributed by atoms with Crippen LogP contribution in [-0.4, -0.2) is 43.3 Å². The minimum absolute atomic E-state index is 0.210. The van der Waals surface area contributed by atoms with Gasteiger partial charge in [-0.2, -0.15) is 5.26 Å². The van der Waals surface area contributed by atoms with Crippen molar-refractivity contribution in [2.75, 3.05) is 20.3 Å². The third-order valence-electron chi connectivity index (χ3n) is 6.59. The molecule has 1 saturated carbocycles. The minimum atomic E-state index is -0.589. The summed E-state index contributed by atoms with van der Waals surface area (Å²) in [7, 11) is 1.35. The third kappa shape index (κ3) is 4.72. The minimum Gasteiger partial charge on any atom is -0.464 e. The molecule has 0 aromatic heterocycles. The molecule has 1 aliphatic carbocycles. The van der Waals surface area contributed by atoms with E-state index in [0.717, 1.165) is 19.3 Å². The smallest absolute Gasteiger partial charge is 0.410 e. The summed E-state index contributed by atoms with van der Waals surface area (Å²) >= 11 is 0. The van der Waals surface area contributed by atoms with E-state index >= 15 is 0 Å². The Labute approximate surface area is 172 Å². The van der Waals surface area contributed by atoms with Gasteiger partial charge in [0, 0.05) is 13.0 Å². The zero-order valence-electron chi connectivity index (χ0n) is 17.3. The summed E-state index contributed by atoms with van der Waals surface area (Å²) in [4.78, 5) is 26.3. The van der Waals surface area contributed by atoms with E-state index in [-0.39, 0.29) is 11.9 Å². The van der Waals surface area contributed by atoms with E-state index in [4.69, 9.17) is 9.47 Å². The van der Waals surface area contributed by atoms with E-state index in [1.54, 1.807) is 11.8 Å². The molecule has 29 heavy (non-hydrogen) atoms. The van der Waals surface area contributed by atoms with E-state index in [1.807, 2.05) is 18.2 Å². The van der Waals surface area contributed by atoms with Gasteiger partial charge in [0.05, 0.1) is 19.8 Å². The number of ether oxygens (including phenoxy) is 2. The van der Waals surface area contributed by atoms with Crippen molar-refractivity contribution in [1.29, 1.82) is 5.26 Å². The molecule has 1 heterocycles. The van der Waals surface area contributed by atoms with Crippen LogP contribution in [0.3, 0.4) is 0 Å². The molecule has 6 nitrogen and oxygen atoms in total. The summed E-state index contributed by atoms with van der Waals surface area (Å²) < 4.78 is 10.2. The second kappa shape index (κ2) is 9.78. The molecule has 0 radical (unpaired) electrons. The molecule has 1 saturated heterocycles. The first kappa shape index (κ1) is 21.2. The van der Waals surface area contributed by atoms with Gasteiger partial charge in [-0.25, -0.2) is 9.59 Å². The number of nitriles is 1. The van der Waals surface area contributed by atoms with Gasteiger partial charge in [-0.15, -0.1) is 0 Å². The number of carbonyl (C=O) groups is 2. The van der Waals surface area contributed by atoms with Crippen LogP contribution in [0.15, 0.2) is 30.3 Å². The monoisotopic (exact) mass is 398 g/mol. The molecule has 1 amide bonds. The molecule has 0 N–H and O–H groups in total. The van der Waals surface area contributed by atoms with E-state index in [2.05, 4.69) is 18.2 Å². The maximum absolute atomic E-state index is 12.5. The fourth-order valence-corrected chi connectivity index (χ4v) is 5.19. The van der Waals surface area contributed by atoms with Crippen LogP contribution in [0.2, 0.25) is 0 Å². The second-order valence-electron chi connectivity index (χ2n) is 8.10. The van der Waals surface area contributed by atoms with Crippen LogP contribution in [0, 0.1) is 29.1 Å². The zero-order chi connectivity index (χ0) is 20.8. The SMILES string of the molecule is CCOC(=O)[C@@H]1C[C@H]2C[C@@H](C(CC#N)c3ccccc3)CC[C@H]2CN1C(=O)OC. The molecule has 2 fully saturated rings. The largest absolute Gasteiger partial charge is 0.464 e. The second-order valence-corrected chi connectivity index (χ2v) is 8.10. The number of carbonyl (C=O) groups excluding carboxylic acids is 2. The number of hydrogen-bond acceptors (Lipinski definition) is 5. The van der Waals surface area contributed by atoms with Gasteiger partial charge in [0.2, 0.25) is 0 Å². The lowest BCUT2D eigenvalue weighted by Gasteiger charge is -2.47. The Kier molecular flexibility index (Phi) is 7.13. The molecule has 1 aromatic rings. The van der Waals surface area contributed by atoms with E-state index in [9.17, 15) is 14.9 Å². The lowest BCUT2D eigenvalue weighted by Crippen LogP contribution is -2.55. The van der Waals surface area contributed by atoms with Crippen molar-refractivity contribution in [2.45, 2.75) is 51.0 Å². The highest BCUT2D eigenvalue weighted by atomic mass is 16.6. The molecule has 1 unspecified atom stereocenters. The number of rotatable bonds is 5. The third-order valence-corrected chi connectivity index (χ3v) is 6.59. The highest BCUT2D eigenvalue weighted by Gasteiger charge is 2.45. The average molecular weight is 399 g/mol. The van der Waals surface area contributed by atoms with Crippen LogP contribution in [-0.2, 0) is 14.3 Å². The van der Waals surface area contributed by atoms with Crippen molar-refractivity contribution >= 4 is 12.1 Å². The zero-order valence-corrected chi connectivity index (χ0v) is 17.3. The van der Waals surface area contributed by atoms with Gasteiger partial charge in [-0.1, -0.05) is 30.3 Å². The molecular formula is C23H30N2O4. The maximum atomic E-state index is 12.5. The number of piperidine rings is 1. The molecule has 1 aromatic carbocycles. The lowest BCUT2D eigenvalue weighted by molar-refractivity contribution is -0.152. The Balaban J connectivity index is 1.77. The number of amides is 1. The maximum Gasteiger partial charge on any atom is 0.410 e. The first-order valence-electron chi connectivity index (χ1n) is 10.5. The summed E-state index contributed by atoms with van der Waals surface area (Å²) in [5.41, 5.74) is 1.21. The van der Waals surface area contributed by atoms with Crippen molar-refractivity contribution in [1.82, 2.24) is 4.90 Å². The van der Waals surface area contributed by atoms with Crippen LogP contribution in [0.25, 0.3) is 0 Å². The molecule has 0 bridgehead atoms. The molecule has 0 spiro atoms. The number of esters is 1. The molecule has 6 heteroatoms. The van der Waals surface area contributed by atoms with Crippen molar-refractivity contribution in [3.05, 3.63) is 35.9 Å². The van der Waals surface area contributed by atoms with Gasteiger partial charge in [-0.05, 0) is 61.8 Å². The summed E-state index contributed by atoms with van der Waals surface area (Å²) in [6.07, 6.45) is 3.63. The average Bonchev–Trinajstić information content (AvgIpc) is 2.76. The quantitative estimate of drug-likeness (QED) is 0.697. The van der Waals surface area contributed by atoms with Crippen LogP contribution in [0.1, 0.15) is 50.5 Å². The normalized spacial score (nSPS) is 27.3. The molecule has 2 aliphatic rings. The fourth-order valence-electron chi connectivity index (χ4n) is 5.19. The lowest BCUT2D eigenvalue weighted by atomic mass is 9.65. The Morgan fingerprint density at radius 1 is 1.21 bits per heavy atom. The number of likely N-dealkylation sites (tertiary alicyclic amines) is 1. The van der Waals surface area contributed by atoms with Crippen LogP contribution >= 0.6 is 0 Å².